The van der Waals surface area contributed by atoms with E-state index in [1.165, 1.54) is 6.42 Å². The summed E-state index contributed by atoms with van der Waals surface area (Å²) in [5.74, 6) is 0.791. The van der Waals surface area contributed by atoms with Crippen molar-refractivity contribution in [1.82, 2.24) is 15.5 Å². The minimum atomic E-state index is -0.0200. The number of hydrogen-bond acceptors (Lipinski definition) is 4. The molecule has 0 saturated carbocycles. The maximum atomic E-state index is 12.1. The van der Waals surface area contributed by atoms with E-state index >= 15 is 0 Å². The molecule has 1 aromatic rings. The molecule has 1 amide bonds. The minimum absolute atomic E-state index is 0. The molecule has 0 aromatic heterocycles. The molecule has 1 atom stereocenters. The van der Waals surface area contributed by atoms with Crippen LogP contribution in [0, 0.1) is 0 Å². The number of rotatable bonds is 9. The molecule has 144 valence electrons. The number of ether oxygens (including phenoxy) is 1. The predicted octanol–water partition coefficient (Wildman–Crippen LogP) is 2.73. The molecule has 0 radical (unpaired) electrons. The number of nitrogens with one attached hydrogen (secondary N) is 2. The molecule has 0 aliphatic carbocycles. The first-order valence-electron chi connectivity index (χ1n) is 8.69. The number of amides is 1. The molecule has 1 fully saturated rings. The van der Waals surface area contributed by atoms with Crippen molar-refractivity contribution in [3.63, 3.8) is 0 Å². The van der Waals surface area contributed by atoms with E-state index in [0.717, 1.165) is 38.3 Å². The van der Waals surface area contributed by atoms with Gasteiger partial charge in [0, 0.05) is 24.7 Å². The Morgan fingerprint density at radius 1 is 1.24 bits per heavy atom. The van der Waals surface area contributed by atoms with Crippen molar-refractivity contribution in [3.8, 4) is 5.75 Å². The van der Waals surface area contributed by atoms with Crippen LogP contribution in [0.4, 0.5) is 0 Å². The maximum Gasteiger partial charge on any atom is 0.251 e. The van der Waals surface area contributed by atoms with Gasteiger partial charge < -0.3 is 20.3 Å². The molecular weight excluding hydrogens is 361 g/mol. The van der Waals surface area contributed by atoms with Gasteiger partial charge in [0.2, 0.25) is 0 Å². The zero-order valence-electron chi connectivity index (χ0n) is 15.1. The molecular formula is C18H31Cl2N3O2. The first-order valence-corrected chi connectivity index (χ1v) is 8.69. The summed E-state index contributed by atoms with van der Waals surface area (Å²) in [6.07, 6.45) is 2.33. The fraction of sp³-hybridized carbons (Fsp3) is 0.611. The third-order valence-corrected chi connectivity index (χ3v) is 4.36. The Morgan fingerprint density at radius 2 is 1.92 bits per heavy atom. The van der Waals surface area contributed by atoms with E-state index in [0.29, 0.717) is 24.8 Å². The highest BCUT2D eigenvalue weighted by Crippen LogP contribution is 2.12. The van der Waals surface area contributed by atoms with Gasteiger partial charge >= 0.3 is 0 Å². The van der Waals surface area contributed by atoms with Crippen molar-refractivity contribution < 1.29 is 9.53 Å². The van der Waals surface area contributed by atoms with Crippen LogP contribution in [0.2, 0.25) is 0 Å². The fourth-order valence-electron chi connectivity index (χ4n) is 2.78. The van der Waals surface area contributed by atoms with E-state index < -0.39 is 0 Å². The highest BCUT2D eigenvalue weighted by Gasteiger charge is 2.15. The second-order valence-corrected chi connectivity index (χ2v) is 5.90. The summed E-state index contributed by atoms with van der Waals surface area (Å²) in [7, 11) is 0. The molecule has 1 aromatic carbocycles. The largest absolute Gasteiger partial charge is 0.492 e. The lowest BCUT2D eigenvalue weighted by Gasteiger charge is -2.18. The van der Waals surface area contributed by atoms with Crippen molar-refractivity contribution >= 4 is 30.7 Å². The highest BCUT2D eigenvalue weighted by atomic mass is 35.5. The van der Waals surface area contributed by atoms with Crippen LogP contribution < -0.4 is 15.4 Å². The van der Waals surface area contributed by atoms with Gasteiger partial charge in [-0.3, -0.25) is 4.79 Å². The molecule has 2 rings (SSSR count). The van der Waals surface area contributed by atoms with Crippen LogP contribution >= 0.6 is 24.8 Å². The molecule has 1 unspecified atom stereocenters. The number of likely N-dealkylation sites (N-methyl/N-ethyl adjacent to an activating group) is 1. The van der Waals surface area contributed by atoms with E-state index in [1.54, 1.807) is 0 Å². The van der Waals surface area contributed by atoms with Gasteiger partial charge in [0.15, 0.2) is 0 Å². The quantitative estimate of drug-likeness (QED) is 0.679. The highest BCUT2D eigenvalue weighted by molar-refractivity contribution is 5.94. The van der Waals surface area contributed by atoms with Crippen LogP contribution in [0.1, 0.15) is 37.0 Å². The molecule has 2 N–H and O–H groups in total. The molecule has 1 aliphatic rings. The standard InChI is InChI=1S/C18H29N3O2.2ClH/c1-3-21(4-2)12-13-23-17-9-7-15(8-10-17)18(22)20-14-16-6-5-11-19-16;;/h7-10,16,19H,3-6,11-14H2,1-2H3,(H,20,22);2*1H. The molecule has 0 spiro atoms. The average Bonchev–Trinajstić information content (AvgIpc) is 3.11. The molecule has 5 nitrogen and oxygen atoms in total. The van der Waals surface area contributed by atoms with Gasteiger partial charge in [-0.25, -0.2) is 0 Å². The van der Waals surface area contributed by atoms with Crippen LogP contribution in [0.3, 0.4) is 0 Å². The lowest BCUT2D eigenvalue weighted by atomic mass is 10.2. The van der Waals surface area contributed by atoms with Gasteiger partial charge in [-0.1, -0.05) is 13.8 Å². The number of halogens is 2. The summed E-state index contributed by atoms with van der Waals surface area (Å²) in [4.78, 5) is 14.4. The zero-order valence-corrected chi connectivity index (χ0v) is 16.8. The number of nitrogens with zero attached hydrogens (tertiary/aromatic N) is 1. The predicted molar refractivity (Wildman–Crippen MR) is 108 cm³/mol. The Kier molecular flexibility index (Phi) is 12.7. The first kappa shape index (κ1) is 24.0. The van der Waals surface area contributed by atoms with Crippen molar-refractivity contribution in [3.05, 3.63) is 29.8 Å². The summed E-state index contributed by atoms with van der Waals surface area (Å²) in [6, 6.07) is 7.80. The van der Waals surface area contributed by atoms with Crippen LogP contribution in [0.25, 0.3) is 0 Å². The molecule has 25 heavy (non-hydrogen) atoms. The maximum absolute atomic E-state index is 12.1. The van der Waals surface area contributed by atoms with Crippen LogP contribution in [0.15, 0.2) is 24.3 Å². The van der Waals surface area contributed by atoms with Gasteiger partial charge in [0.25, 0.3) is 5.91 Å². The molecule has 0 bridgehead atoms. The van der Waals surface area contributed by atoms with Crippen LogP contribution in [-0.4, -0.2) is 56.2 Å². The van der Waals surface area contributed by atoms with Crippen molar-refractivity contribution in [1.29, 1.82) is 0 Å². The third-order valence-electron chi connectivity index (χ3n) is 4.36. The molecule has 1 saturated heterocycles. The van der Waals surface area contributed by atoms with E-state index in [9.17, 15) is 4.79 Å². The fourth-order valence-corrected chi connectivity index (χ4v) is 2.78. The molecule has 7 heteroatoms. The average molecular weight is 392 g/mol. The first-order chi connectivity index (χ1) is 11.2. The van der Waals surface area contributed by atoms with Crippen LogP contribution in [-0.2, 0) is 0 Å². The second kappa shape index (κ2) is 13.2. The van der Waals surface area contributed by atoms with E-state index in [-0.39, 0.29) is 30.7 Å². The Hall–Kier alpha value is -1.01. The van der Waals surface area contributed by atoms with Gasteiger partial charge in [-0.15, -0.1) is 24.8 Å². The third kappa shape index (κ3) is 8.27. The Labute approximate surface area is 163 Å². The summed E-state index contributed by atoms with van der Waals surface area (Å²) >= 11 is 0. The number of benzene rings is 1. The van der Waals surface area contributed by atoms with E-state index in [1.807, 2.05) is 24.3 Å². The number of hydrogen-bond donors (Lipinski definition) is 2. The van der Waals surface area contributed by atoms with E-state index in [4.69, 9.17) is 4.74 Å². The van der Waals surface area contributed by atoms with Crippen molar-refractivity contribution in [2.45, 2.75) is 32.7 Å². The van der Waals surface area contributed by atoms with Gasteiger partial charge in [-0.2, -0.15) is 0 Å². The topological polar surface area (TPSA) is 53.6 Å². The lowest BCUT2D eigenvalue weighted by Crippen LogP contribution is -2.37. The Balaban J connectivity index is 0.00000288. The monoisotopic (exact) mass is 391 g/mol. The van der Waals surface area contributed by atoms with Gasteiger partial charge in [0.1, 0.15) is 12.4 Å². The molecule has 1 aliphatic heterocycles. The Bertz CT molecular complexity index is 476. The van der Waals surface area contributed by atoms with Gasteiger partial charge in [0.05, 0.1) is 0 Å². The normalized spacial score (nSPS) is 16.0. The number of carbonyl (C=O) groups excluding carboxylic acids is 1. The summed E-state index contributed by atoms with van der Waals surface area (Å²) < 4.78 is 5.73. The van der Waals surface area contributed by atoms with Crippen molar-refractivity contribution in [2.24, 2.45) is 0 Å². The van der Waals surface area contributed by atoms with E-state index in [2.05, 4.69) is 29.4 Å². The molecule has 1 heterocycles. The number of carbonyl (C=O) groups is 1. The Morgan fingerprint density at radius 3 is 2.48 bits per heavy atom. The summed E-state index contributed by atoms with van der Waals surface area (Å²) in [5, 5.41) is 6.36. The van der Waals surface area contributed by atoms with Gasteiger partial charge in [-0.05, 0) is 56.7 Å². The SMILES string of the molecule is CCN(CC)CCOc1ccc(C(=O)NCC2CCCN2)cc1.Cl.Cl. The second-order valence-electron chi connectivity index (χ2n) is 5.90. The lowest BCUT2D eigenvalue weighted by molar-refractivity contribution is 0.0950. The zero-order chi connectivity index (χ0) is 16.5. The summed E-state index contributed by atoms with van der Waals surface area (Å²) in [5.41, 5.74) is 0.680. The van der Waals surface area contributed by atoms with Crippen LogP contribution in [0.5, 0.6) is 5.75 Å². The minimum Gasteiger partial charge on any atom is -0.492 e. The smallest absolute Gasteiger partial charge is 0.251 e. The van der Waals surface area contributed by atoms with Crippen molar-refractivity contribution in [2.75, 3.05) is 39.3 Å². The summed E-state index contributed by atoms with van der Waals surface area (Å²) in [6.45, 7) is 9.71.